The summed E-state index contributed by atoms with van der Waals surface area (Å²) in [5.41, 5.74) is 2.16. The highest BCUT2D eigenvalue weighted by atomic mass is 35.5. The van der Waals surface area contributed by atoms with Gasteiger partial charge in [0, 0.05) is 23.9 Å². The Balaban J connectivity index is 1.62. The van der Waals surface area contributed by atoms with Gasteiger partial charge in [0.2, 0.25) is 0 Å². The van der Waals surface area contributed by atoms with Crippen LogP contribution in [0.5, 0.6) is 0 Å². The molecule has 0 spiro atoms. The van der Waals surface area contributed by atoms with E-state index in [1.54, 1.807) is 25.1 Å². The van der Waals surface area contributed by atoms with Gasteiger partial charge in [-0.3, -0.25) is 9.59 Å². The number of carbonyl (C=O) groups excluding carboxylic acids is 3. The first kappa shape index (κ1) is 29.9. The summed E-state index contributed by atoms with van der Waals surface area (Å²) in [4.78, 5) is 44.3. The second-order valence-corrected chi connectivity index (χ2v) is 9.94. The van der Waals surface area contributed by atoms with Crippen LogP contribution in [0.25, 0.3) is 0 Å². The van der Waals surface area contributed by atoms with E-state index in [2.05, 4.69) is 26.1 Å². The van der Waals surface area contributed by atoms with Crippen LogP contribution in [-0.4, -0.2) is 65.6 Å². The van der Waals surface area contributed by atoms with Crippen molar-refractivity contribution in [2.75, 3.05) is 32.1 Å². The SMILES string of the molecule is CCc1conc1C(=O)N[C@H](C(=O)Nc1cc([C@@H](COC)N2CC(F)(F)CNC2=O)ccn1)c1ccc(Cl)c(C)c1. The lowest BCUT2D eigenvalue weighted by Crippen LogP contribution is -2.58. The summed E-state index contributed by atoms with van der Waals surface area (Å²) in [5, 5.41) is 11.8. The van der Waals surface area contributed by atoms with Crippen LogP contribution in [0.2, 0.25) is 5.02 Å². The number of aromatic nitrogens is 2. The normalized spacial score (nSPS) is 16.0. The van der Waals surface area contributed by atoms with Crippen LogP contribution in [0, 0.1) is 6.92 Å². The van der Waals surface area contributed by atoms with Crippen molar-refractivity contribution in [2.24, 2.45) is 0 Å². The number of urea groups is 1. The Labute approximate surface area is 239 Å². The molecule has 2 aromatic heterocycles. The Morgan fingerprint density at radius 3 is 2.76 bits per heavy atom. The zero-order valence-corrected chi connectivity index (χ0v) is 23.3. The molecule has 0 radical (unpaired) electrons. The molecule has 0 bridgehead atoms. The number of nitrogens with one attached hydrogen (secondary N) is 3. The number of ether oxygens (including phenoxy) is 1. The smallest absolute Gasteiger partial charge is 0.318 e. The quantitative estimate of drug-likeness (QED) is 0.324. The van der Waals surface area contributed by atoms with Gasteiger partial charge in [-0.25, -0.2) is 18.6 Å². The first-order valence-electron chi connectivity index (χ1n) is 12.7. The maximum absolute atomic E-state index is 14.1. The lowest BCUT2D eigenvalue weighted by atomic mass is 10.0. The van der Waals surface area contributed by atoms with E-state index in [0.29, 0.717) is 33.7 Å². The van der Waals surface area contributed by atoms with Gasteiger partial charge in [0.05, 0.1) is 25.7 Å². The third-order valence-corrected chi connectivity index (χ3v) is 7.00. The molecule has 41 heavy (non-hydrogen) atoms. The Kier molecular flexibility index (Phi) is 9.18. The predicted molar refractivity (Wildman–Crippen MR) is 145 cm³/mol. The molecule has 3 heterocycles. The van der Waals surface area contributed by atoms with Gasteiger partial charge >= 0.3 is 6.03 Å². The molecule has 0 aliphatic carbocycles. The summed E-state index contributed by atoms with van der Waals surface area (Å²) in [5.74, 6) is -4.33. The number of rotatable bonds is 10. The van der Waals surface area contributed by atoms with Gasteiger partial charge < -0.3 is 30.1 Å². The van der Waals surface area contributed by atoms with Crippen LogP contribution >= 0.6 is 11.6 Å². The highest BCUT2D eigenvalue weighted by molar-refractivity contribution is 6.31. The lowest BCUT2D eigenvalue weighted by Gasteiger charge is -2.38. The van der Waals surface area contributed by atoms with Gasteiger partial charge in [0.25, 0.3) is 17.7 Å². The van der Waals surface area contributed by atoms with Crippen molar-refractivity contribution in [3.63, 3.8) is 0 Å². The molecule has 1 aliphatic heterocycles. The summed E-state index contributed by atoms with van der Waals surface area (Å²) in [7, 11) is 1.39. The summed E-state index contributed by atoms with van der Waals surface area (Å²) in [6.07, 6.45) is 3.22. The Bertz CT molecular complexity index is 1430. The molecule has 3 N–H and O–H groups in total. The van der Waals surface area contributed by atoms with E-state index >= 15 is 0 Å². The molecule has 218 valence electrons. The minimum Gasteiger partial charge on any atom is -0.382 e. The van der Waals surface area contributed by atoms with Crippen molar-refractivity contribution in [1.29, 1.82) is 0 Å². The standard InChI is InChI=1S/C27H29ClF2N6O5/c1-4-16-11-41-35-23(16)25(38)34-22(18-5-6-19(28)15(2)9-18)24(37)33-21-10-17(7-8-31-21)20(12-40-3)36-14-27(29,30)13-32-26(36)39/h5-11,20,22H,4,12-14H2,1-3H3,(H,32,39)(H,34,38)(H,31,33,37)/t20-,22+/m1/s1. The molecule has 0 unspecified atom stereocenters. The topological polar surface area (TPSA) is 139 Å². The van der Waals surface area contributed by atoms with Gasteiger partial charge in [0.1, 0.15) is 18.1 Å². The highest BCUT2D eigenvalue weighted by Gasteiger charge is 2.42. The molecule has 1 aliphatic rings. The van der Waals surface area contributed by atoms with Crippen LogP contribution in [0.1, 0.15) is 51.7 Å². The second kappa shape index (κ2) is 12.6. The number of nitrogens with zero attached hydrogens (tertiary/aromatic N) is 3. The van der Waals surface area contributed by atoms with E-state index in [1.807, 2.05) is 6.92 Å². The number of hydrogen-bond acceptors (Lipinski definition) is 7. The summed E-state index contributed by atoms with van der Waals surface area (Å²) >= 11 is 6.18. The summed E-state index contributed by atoms with van der Waals surface area (Å²) in [6, 6.07) is 5.14. The van der Waals surface area contributed by atoms with E-state index in [0.717, 1.165) is 4.90 Å². The van der Waals surface area contributed by atoms with E-state index in [1.165, 1.54) is 31.7 Å². The van der Waals surface area contributed by atoms with Crippen molar-refractivity contribution < 1.29 is 32.4 Å². The van der Waals surface area contributed by atoms with E-state index in [4.69, 9.17) is 20.9 Å². The minimum absolute atomic E-state index is 0.0510. The van der Waals surface area contributed by atoms with Gasteiger partial charge in [-0.15, -0.1) is 0 Å². The molecule has 14 heteroatoms. The van der Waals surface area contributed by atoms with Gasteiger partial charge in [-0.2, -0.15) is 0 Å². The number of carbonyl (C=O) groups is 3. The van der Waals surface area contributed by atoms with Crippen LogP contribution in [-0.2, 0) is 16.0 Å². The highest BCUT2D eigenvalue weighted by Crippen LogP contribution is 2.29. The van der Waals surface area contributed by atoms with Crippen molar-refractivity contribution in [3.8, 4) is 0 Å². The summed E-state index contributed by atoms with van der Waals surface area (Å²) < 4.78 is 38.4. The van der Waals surface area contributed by atoms with Crippen molar-refractivity contribution in [1.82, 2.24) is 25.7 Å². The average molecular weight is 591 g/mol. The molecule has 1 fully saturated rings. The van der Waals surface area contributed by atoms with E-state index in [9.17, 15) is 23.2 Å². The number of alkyl halides is 2. The molecule has 3 aromatic rings. The van der Waals surface area contributed by atoms with Crippen molar-refractivity contribution in [2.45, 2.75) is 38.3 Å². The van der Waals surface area contributed by atoms with Crippen LogP contribution in [0.15, 0.2) is 47.3 Å². The van der Waals surface area contributed by atoms with Crippen LogP contribution < -0.4 is 16.0 Å². The molecule has 2 atom stereocenters. The lowest BCUT2D eigenvalue weighted by molar-refractivity contribution is -0.118. The molecule has 0 saturated carbocycles. The first-order chi connectivity index (χ1) is 19.5. The first-order valence-corrected chi connectivity index (χ1v) is 13.1. The number of aryl methyl sites for hydroxylation is 2. The van der Waals surface area contributed by atoms with Gasteiger partial charge in [-0.05, 0) is 48.2 Å². The number of methoxy groups -OCH3 is 1. The summed E-state index contributed by atoms with van der Waals surface area (Å²) in [6.45, 7) is 1.95. The Hall–Kier alpha value is -4.10. The zero-order valence-electron chi connectivity index (χ0n) is 22.5. The molecular weight excluding hydrogens is 562 g/mol. The molecule has 4 amide bonds. The molecular formula is C27H29ClF2N6O5. The fourth-order valence-corrected chi connectivity index (χ4v) is 4.54. The third-order valence-electron chi connectivity index (χ3n) is 6.57. The van der Waals surface area contributed by atoms with Gasteiger partial charge in [0.15, 0.2) is 5.69 Å². The number of anilines is 1. The van der Waals surface area contributed by atoms with Crippen molar-refractivity contribution in [3.05, 3.63) is 75.8 Å². The van der Waals surface area contributed by atoms with Gasteiger partial charge in [-0.1, -0.05) is 35.8 Å². The number of hydrogen-bond donors (Lipinski definition) is 3. The monoisotopic (exact) mass is 590 g/mol. The minimum atomic E-state index is -3.13. The maximum Gasteiger partial charge on any atom is 0.318 e. The number of pyridine rings is 1. The molecule has 1 aromatic carbocycles. The largest absolute Gasteiger partial charge is 0.382 e. The number of amides is 4. The van der Waals surface area contributed by atoms with Crippen molar-refractivity contribution >= 4 is 35.3 Å². The molecule has 11 nitrogen and oxygen atoms in total. The average Bonchev–Trinajstić information content (AvgIpc) is 3.43. The van der Waals surface area contributed by atoms with E-state index < -0.39 is 48.9 Å². The molecule has 1 saturated heterocycles. The fraction of sp³-hybridized carbons (Fsp3) is 0.370. The number of halogens is 3. The third kappa shape index (κ3) is 6.98. The maximum atomic E-state index is 14.1. The van der Waals surface area contributed by atoms with Crippen LogP contribution in [0.3, 0.4) is 0 Å². The predicted octanol–water partition coefficient (Wildman–Crippen LogP) is 4.05. The molecule has 4 rings (SSSR count). The Morgan fingerprint density at radius 2 is 2.05 bits per heavy atom. The number of benzene rings is 1. The zero-order chi connectivity index (χ0) is 29.7. The Morgan fingerprint density at radius 1 is 1.27 bits per heavy atom. The fourth-order valence-electron chi connectivity index (χ4n) is 4.42. The second-order valence-electron chi connectivity index (χ2n) is 9.53. The van der Waals surface area contributed by atoms with Crippen LogP contribution in [0.4, 0.5) is 19.4 Å². The van der Waals surface area contributed by atoms with E-state index in [-0.39, 0.29) is 18.1 Å².